The molecule has 0 aliphatic rings. The fraction of sp³-hybridized carbons (Fsp3) is 0.125. The molecular weight excluding hydrogens is 253 g/mol. The van der Waals surface area contributed by atoms with Crippen molar-refractivity contribution in [3.05, 3.63) is 29.3 Å². The Hall–Kier alpha value is -0.340. The molecule has 0 aliphatic heterocycles. The summed E-state index contributed by atoms with van der Waals surface area (Å²) in [5.41, 5.74) is -1.01. The molecule has 8 heteroatoms. The maximum atomic E-state index is 13.3. The van der Waals surface area contributed by atoms with Gasteiger partial charge >= 0.3 is 35.5 Å². The molecule has 0 aromatic heterocycles. The minimum atomic E-state index is -2.88. The third kappa shape index (κ3) is 3.08. The first-order chi connectivity index (χ1) is 6.99. The van der Waals surface area contributed by atoms with Crippen LogP contribution in [0.2, 0.25) is 0 Å². The fourth-order valence-corrected chi connectivity index (χ4v) is 1.38. The Bertz CT molecular complexity index is 438. The summed E-state index contributed by atoms with van der Waals surface area (Å²) in [5.74, 6) is -3.89. The second-order valence-electron chi connectivity index (χ2n) is 2.46. The number of hydrogen-bond donors (Lipinski definition) is 0. The van der Waals surface area contributed by atoms with E-state index in [1.807, 2.05) is 0 Å². The number of esters is 1. The number of halogens is 2. The van der Waals surface area contributed by atoms with Crippen LogP contribution in [0.4, 0.5) is 8.78 Å². The third-order valence-electron chi connectivity index (χ3n) is 1.62. The van der Waals surface area contributed by atoms with Gasteiger partial charge in [-0.15, -0.1) is 0 Å². The van der Waals surface area contributed by atoms with E-state index in [1.165, 1.54) is 0 Å². The molecule has 0 bridgehead atoms. The molecule has 4 nitrogen and oxygen atoms in total. The van der Waals surface area contributed by atoms with Crippen molar-refractivity contribution in [1.29, 1.82) is 0 Å². The van der Waals surface area contributed by atoms with Crippen molar-refractivity contribution in [2.45, 2.75) is 4.90 Å². The normalized spacial score (nSPS) is 11.5. The molecule has 1 unspecified atom stereocenters. The van der Waals surface area contributed by atoms with Crippen LogP contribution >= 0.6 is 0 Å². The van der Waals surface area contributed by atoms with E-state index in [1.54, 1.807) is 0 Å². The molecule has 0 saturated heterocycles. The van der Waals surface area contributed by atoms with Gasteiger partial charge in [0, 0.05) is 0 Å². The van der Waals surface area contributed by atoms with Crippen molar-refractivity contribution < 1.29 is 56.6 Å². The number of carbonyl (C=O) groups excluding carboxylic acids is 1. The quantitative estimate of drug-likeness (QED) is 0.349. The number of carbonyl (C=O) groups is 1. The fourth-order valence-electron chi connectivity index (χ4n) is 0.951. The zero-order valence-corrected chi connectivity index (χ0v) is 11.3. The smallest absolute Gasteiger partial charge is 0.768 e. The summed E-state index contributed by atoms with van der Waals surface area (Å²) in [7, 11) is 0.933. The molecule has 0 spiro atoms. The molecule has 16 heavy (non-hydrogen) atoms. The van der Waals surface area contributed by atoms with Gasteiger partial charge in [-0.25, -0.2) is 13.6 Å². The maximum absolute atomic E-state index is 13.3. The summed E-state index contributed by atoms with van der Waals surface area (Å²) in [6, 6.07) is 1.40. The van der Waals surface area contributed by atoms with Gasteiger partial charge in [0.2, 0.25) is 0 Å². The Morgan fingerprint density at radius 3 is 2.44 bits per heavy atom. The van der Waals surface area contributed by atoms with Crippen LogP contribution in [-0.4, -0.2) is 21.8 Å². The Morgan fingerprint density at radius 1 is 1.44 bits per heavy atom. The van der Waals surface area contributed by atoms with E-state index < -0.39 is 39.1 Å². The monoisotopic (exact) mass is 258 g/mol. The topological polar surface area (TPSA) is 66.4 Å². The first-order valence-corrected chi connectivity index (χ1v) is 4.72. The van der Waals surface area contributed by atoms with Crippen LogP contribution in [0.15, 0.2) is 17.0 Å². The number of ether oxygens (including phenoxy) is 1. The average molecular weight is 258 g/mol. The summed E-state index contributed by atoms with van der Waals surface area (Å²) in [4.78, 5) is 10.1. The average Bonchev–Trinajstić information content (AvgIpc) is 2.16. The standard InChI is InChI=1S/C8H6F2O4S.Na/c1-14-8(11)6-4(9)2-3-5(7(6)10)15(12)13;/h2-3H,1H3,(H,12,13);/q;+1/p-1. The van der Waals surface area contributed by atoms with Crippen LogP contribution in [0.25, 0.3) is 0 Å². The summed E-state index contributed by atoms with van der Waals surface area (Å²) >= 11 is -2.88. The van der Waals surface area contributed by atoms with Gasteiger partial charge in [0.1, 0.15) is 11.4 Å². The van der Waals surface area contributed by atoms with Gasteiger partial charge in [0.05, 0.1) is 12.0 Å². The predicted molar refractivity (Wildman–Crippen MR) is 44.9 cm³/mol. The van der Waals surface area contributed by atoms with E-state index in [4.69, 9.17) is 0 Å². The van der Waals surface area contributed by atoms with Gasteiger partial charge < -0.3 is 9.29 Å². The van der Waals surface area contributed by atoms with Crippen molar-refractivity contribution >= 4 is 17.0 Å². The van der Waals surface area contributed by atoms with E-state index in [0.29, 0.717) is 6.07 Å². The van der Waals surface area contributed by atoms with Gasteiger partial charge in [0.25, 0.3) is 0 Å². The number of rotatable bonds is 2. The van der Waals surface area contributed by atoms with Crippen molar-refractivity contribution in [3.8, 4) is 0 Å². The van der Waals surface area contributed by atoms with Crippen LogP contribution in [0, 0.1) is 11.6 Å². The van der Waals surface area contributed by atoms with E-state index in [-0.39, 0.29) is 29.6 Å². The summed E-state index contributed by atoms with van der Waals surface area (Å²) in [5, 5.41) is 0. The second-order valence-corrected chi connectivity index (χ2v) is 3.37. The van der Waals surface area contributed by atoms with Crippen LogP contribution in [0.1, 0.15) is 10.4 Å². The molecule has 1 aromatic carbocycles. The van der Waals surface area contributed by atoms with Crippen LogP contribution in [0.5, 0.6) is 0 Å². The molecule has 1 rings (SSSR count). The van der Waals surface area contributed by atoms with Gasteiger partial charge in [-0.1, -0.05) is 0 Å². The molecular formula is C8H5F2NaO4S. The third-order valence-corrected chi connectivity index (χ3v) is 2.30. The molecule has 0 saturated carbocycles. The number of benzene rings is 1. The van der Waals surface area contributed by atoms with E-state index in [9.17, 15) is 22.3 Å². The molecule has 1 aromatic rings. The Balaban J connectivity index is 0.00000225. The molecule has 0 amide bonds. The van der Waals surface area contributed by atoms with Gasteiger partial charge in [-0.2, -0.15) is 0 Å². The molecule has 0 heterocycles. The molecule has 1 atom stereocenters. The second kappa shape index (κ2) is 6.41. The van der Waals surface area contributed by atoms with Crippen molar-refractivity contribution in [1.82, 2.24) is 0 Å². The van der Waals surface area contributed by atoms with Crippen LogP contribution in [-0.2, 0) is 15.8 Å². The Labute approximate surface area is 115 Å². The summed E-state index contributed by atoms with van der Waals surface area (Å²) in [6.45, 7) is 0. The van der Waals surface area contributed by atoms with E-state index in [0.717, 1.165) is 13.2 Å². The Morgan fingerprint density at radius 2 is 2.00 bits per heavy atom. The minimum absolute atomic E-state index is 0. The molecule has 0 N–H and O–H groups in total. The zero-order valence-electron chi connectivity index (χ0n) is 8.45. The maximum Gasteiger partial charge on any atom is 1.00 e. The molecule has 0 radical (unpaired) electrons. The number of methoxy groups -OCH3 is 1. The Kier molecular flexibility index (Phi) is 6.27. The first kappa shape index (κ1) is 15.7. The van der Waals surface area contributed by atoms with Crippen molar-refractivity contribution in [2.75, 3.05) is 7.11 Å². The van der Waals surface area contributed by atoms with Gasteiger partial charge in [-0.05, 0) is 23.2 Å². The van der Waals surface area contributed by atoms with Crippen LogP contribution in [0.3, 0.4) is 0 Å². The molecule has 82 valence electrons. The summed E-state index contributed by atoms with van der Waals surface area (Å²) < 4.78 is 51.4. The van der Waals surface area contributed by atoms with Crippen LogP contribution < -0.4 is 29.6 Å². The molecule has 0 aliphatic carbocycles. The first-order valence-electron chi connectivity index (χ1n) is 3.64. The van der Waals surface area contributed by atoms with Gasteiger partial charge in [0.15, 0.2) is 5.82 Å². The summed E-state index contributed by atoms with van der Waals surface area (Å²) in [6.07, 6.45) is 0. The molecule has 0 fully saturated rings. The van der Waals surface area contributed by atoms with Crippen molar-refractivity contribution in [3.63, 3.8) is 0 Å². The van der Waals surface area contributed by atoms with E-state index >= 15 is 0 Å². The predicted octanol–water partition coefficient (Wildman–Crippen LogP) is -2.01. The SMILES string of the molecule is COC(=O)c1c(F)ccc(S(=O)[O-])c1F.[Na+]. The minimum Gasteiger partial charge on any atom is -0.768 e. The van der Waals surface area contributed by atoms with E-state index in [2.05, 4.69) is 4.74 Å². The zero-order chi connectivity index (χ0) is 11.6. The van der Waals surface area contributed by atoms with Crippen molar-refractivity contribution in [2.24, 2.45) is 0 Å². The number of hydrogen-bond acceptors (Lipinski definition) is 4. The van der Waals surface area contributed by atoms with Gasteiger partial charge in [-0.3, -0.25) is 4.21 Å². The largest absolute Gasteiger partial charge is 1.00 e.